The van der Waals surface area contributed by atoms with Crippen LogP contribution in [0.4, 0.5) is 0 Å². The van der Waals surface area contributed by atoms with Crippen LogP contribution in [0.2, 0.25) is 0 Å². The highest BCUT2D eigenvalue weighted by atomic mass is 16.1. The minimum absolute atomic E-state index is 0.352. The van der Waals surface area contributed by atoms with Gasteiger partial charge in [0, 0.05) is 12.1 Å². The predicted octanol–water partition coefficient (Wildman–Crippen LogP) is 1.56. The number of aromatic amines is 1. The molecule has 0 atom stereocenters. The van der Waals surface area contributed by atoms with E-state index in [0.29, 0.717) is 11.6 Å². The monoisotopic (exact) mass is 193 g/mol. The second-order valence-corrected chi connectivity index (χ2v) is 3.87. The number of hydrogen-bond donors (Lipinski definition) is 2. The van der Waals surface area contributed by atoms with Crippen LogP contribution >= 0.6 is 0 Å². The van der Waals surface area contributed by atoms with Crippen molar-refractivity contribution in [3.63, 3.8) is 0 Å². The van der Waals surface area contributed by atoms with Gasteiger partial charge in [0.1, 0.15) is 11.5 Å². The first kappa shape index (κ1) is 9.24. The lowest BCUT2D eigenvalue weighted by Crippen LogP contribution is -2.12. The molecule has 1 fully saturated rings. The lowest BCUT2D eigenvalue weighted by atomic mass is 9.89. The molecule has 0 saturated heterocycles. The van der Waals surface area contributed by atoms with E-state index in [9.17, 15) is 4.79 Å². The number of nitrogens with one attached hydrogen (secondary N) is 1. The van der Waals surface area contributed by atoms with Crippen LogP contribution in [0, 0.1) is 0 Å². The Hall–Kier alpha value is -1.32. The van der Waals surface area contributed by atoms with Crippen LogP contribution in [-0.4, -0.2) is 15.9 Å². The molecule has 0 aliphatic heterocycles. The Morgan fingerprint density at radius 2 is 2.14 bits per heavy atom. The van der Waals surface area contributed by atoms with Crippen molar-refractivity contribution in [3.05, 3.63) is 17.7 Å². The lowest BCUT2D eigenvalue weighted by Gasteiger charge is -2.18. The number of amides is 1. The van der Waals surface area contributed by atoms with Crippen LogP contribution < -0.4 is 5.73 Å². The van der Waals surface area contributed by atoms with Gasteiger partial charge in [0.05, 0.1) is 0 Å². The van der Waals surface area contributed by atoms with E-state index in [4.69, 9.17) is 5.73 Å². The minimum Gasteiger partial charge on any atom is -0.364 e. The topological polar surface area (TPSA) is 71.8 Å². The zero-order chi connectivity index (χ0) is 9.97. The normalized spacial score (nSPS) is 18.3. The summed E-state index contributed by atoms with van der Waals surface area (Å²) in [6.07, 6.45) is 7.79. The van der Waals surface area contributed by atoms with E-state index in [1.165, 1.54) is 32.1 Å². The average Bonchev–Trinajstić information content (AvgIpc) is 2.68. The molecule has 0 aromatic carbocycles. The van der Waals surface area contributed by atoms with Crippen molar-refractivity contribution < 1.29 is 4.79 Å². The summed E-state index contributed by atoms with van der Waals surface area (Å²) in [6.45, 7) is 0. The number of imidazole rings is 1. The van der Waals surface area contributed by atoms with E-state index < -0.39 is 5.91 Å². The van der Waals surface area contributed by atoms with Gasteiger partial charge in [-0.25, -0.2) is 4.98 Å². The highest BCUT2D eigenvalue weighted by Crippen LogP contribution is 2.30. The number of aromatic nitrogens is 2. The van der Waals surface area contributed by atoms with Crippen molar-refractivity contribution in [2.24, 2.45) is 5.73 Å². The van der Waals surface area contributed by atoms with E-state index in [0.717, 1.165) is 5.82 Å². The molecule has 0 unspecified atom stereocenters. The van der Waals surface area contributed by atoms with Crippen molar-refractivity contribution >= 4 is 5.91 Å². The van der Waals surface area contributed by atoms with E-state index in [2.05, 4.69) is 9.97 Å². The van der Waals surface area contributed by atoms with Gasteiger partial charge in [-0.1, -0.05) is 19.3 Å². The standard InChI is InChI=1S/C10H15N3O/c11-9(14)8-6-12-10(13-8)7-4-2-1-3-5-7/h6-7H,1-5H2,(H2,11,14)(H,12,13). The molecule has 76 valence electrons. The molecular formula is C10H15N3O. The molecule has 3 N–H and O–H groups in total. The summed E-state index contributed by atoms with van der Waals surface area (Å²) in [6, 6.07) is 0. The van der Waals surface area contributed by atoms with E-state index in [1.54, 1.807) is 6.20 Å². The van der Waals surface area contributed by atoms with Gasteiger partial charge in [0.15, 0.2) is 0 Å². The number of H-pyrrole nitrogens is 1. The Kier molecular flexibility index (Phi) is 2.52. The Labute approximate surface area is 82.9 Å². The number of nitrogens with two attached hydrogens (primary N) is 1. The van der Waals surface area contributed by atoms with Crippen molar-refractivity contribution in [2.75, 3.05) is 0 Å². The molecule has 4 nitrogen and oxygen atoms in total. The Balaban J connectivity index is 2.11. The Morgan fingerprint density at radius 3 is 2.71 bits per heavy atom. The SMILES string of the molecule is NC(=O)c1c[nH]c(C2CCCCC2)n1. The molecule has 1 amide bonds. The highest BCUT2D eigenvalue weighted by Gasteiger charge is 2.19. The zero-order valence-corrected chi connectivity index (χ0v) is 8.12. The predicted molar refractivity (Wildman–Crippen MR) is 52.9 cm³/mol. The van der Waals surface area contributed by atoms with Crippen LogP contribution in [0.25, 0.3) is 0 Å². The lowest BCUT2D eigenvalue weighted by molar-refractivity contribution is 0.0996. The smallest absolute Gasteiger partial charge is 0.268 e. The number of hydrogen-bond acceptors (Lipinski definition) is 2. The largest absolute Gasteiger partial charge is 0.364 e. The highest BCUT2D eigenvalue weighted by molar-refractivity contribution is 5.90. The quantitative estimate of drug-likeness (QED) is 0.748. The molecule has 4 heteroatoms. The van der Waals surface area contributed by atoms with Crippen LogP contribution in [0.5, 0.6) is 0 Å². The third kappa shape index (κ3) is 1.78. The molecule has 0 spiro atoms. The van der Waals surface area contributed by atoms with Crippen molar-refractivity contribution in [3.8, 4) is 0 Å². The van der Waals surface area contributed by atoms with Gasteiger partial charge in [-0.2, -0.15) is 0 Å². The number of rotatable bonds is 2. The van der Waals surface area contributed by atoms with Gasteiger partial charge in [-0.05, 0) is 12.8 Å². The van der Waals surface area contributed by atoms with E-state index >= 15 is 0 Å². The maximum atomic E-state index is 10.8. The van der Waals surface area contributed by atoms with Gasteiger partial charge in [-0.15, -0.1) is 0 Å². The van der Waals surface area contributed by atoms with E-state index in [-0.39, 0.29) is 0 Å². The summed E-state index contributed by atoms with van der Waals surface area (Å²) >= 11 is 0. The summed E-state index contributed by atoms with van der Waals surface area (Å²) in [4.78, 5) is 18.1. The molecule has 1 aromatic rings. The molecule has 2 rings (SSSR count). The maximum absolute atomic E-state index is 10.8. The molecule has 1 heterocycles. The summed E-state index contributed by atoms with van der Waals surface area (Å²) in [7, 11) is 0. The summed E-state index contributed by atoms with van der Waals surface area (Å²) in [5, 5.41) is 0. The van der Waals surface area contributed by atoms with Crippen molar-refractivity contribution in [1.82, 2.24) is 9.97 Å². The molecule has 0 radical (unpaired) electrons. The van der Waals surface area contributed by atoms with Crippen LogP contribution in [-0.2, 0) is 0 Å². The molecule has 14 heavy (non-hydrogen) atoms. The fourth-order valence-corrected chi connectivity index (χ4v) is 2.05. The van der Waals surface area contributed by atoms with Gasteiger partial charge >= 0.3 is 0 Å². The molecule has 0 bridgehead atoms. The second-order valence-electron chi connectivity index (χ2n) is 3.87. The molecule has 1 saturated carbocycles. The van der Waals surface area contributed by atoms with Crippen LogP contribution in [0.3, 0.4) is 0 Å². The van der Waals surface area contributed by atoms with Gasteiger partial charge < -0.3 is 10.7 Å². The summed E-state index contributed by atoms with van der Waals surface area (Å²) in [5.74, 6) is 0.971. The Morgan fingerprint density at radius 1 is 1.43 bits per heavy atom. The Bertz CT molecular complexity index is 326. The first-order chi connectivity index (χ1) is 6.77. The summed E-state index contributed by atoms with van der Waals surface area (Å²) in [5.41, 5.74) is 5.49. The first-order valence-corrected chi connectivity index (χ1v) is 5.12. The van der Waals surface area contributed by atoms with E-state index in [1.807, 2.05) is 0 Å². The first-order valence-electron chi connectivity index (χ1n) is 5.12. The number of carbonyl (C=O) groups is 1. The number of primary amides is 1. The molecule has 1 aliphatic rings. The molecular weight excluding hydrogens is 178 g/mol. The summed E-state index contributed by atoms with van der Waals surface area (Å²) < 4.78 is 0. The third-order valence-corrected chi connectivity index (χ3v) is 2.84. The van der Waals surface area contributed by atoms with Gasteiger partial charge in [0.25, 0.3) is 5.91 Å². The maximum Gasteiger partial charge on any atom is 0.268 e. The fourth-order valence-electron chi connectivity index (χ4n) is 2.05. The number of carbonyl (C=O) groups excluding carboxylic acids is 1. The third-order valence-electron chi connectivity index (χ3n) is 2.84. The number of nitrogens with zero attached hydrogens (tertiary/aromatic N) is 1. The second kappa shape index (κ2) is 3.82. The van der Waals surface area contributed by atoms with Crippen LogP contribution in [0.15, 0.2) is 6.20 Å². The zero-order valence-electron chi connectivity index (χ0n) is 8.12. The minimum atomic E-state index is -0.455. The van der Waals surface area contributed by atoms with Gasteiger partial charge in [0.2, 0.25) is 0 Å². The molecule has 1 aromatic heterocycles. The van der Waals surface area contributed by atoms with Gasteiger partial charge in [-0.3, -0.25) is 4.79 Å². The van der Waals surface area contributed by atoms with Crippen molar-refractivity contribution in [2.45, 2.75) is 38.0 Å². The fraction of sp³-hybridized carbons (Fsp3) is 0.600. The average molecular weight is 193 g/mol. The van der Waals surface area contributed by atoms with Crippen LogP contribution in [0.1, 0.15) is 54.3 Å². The van der Waals surface area contributed by atoms with Crippen molar-refractivity contribution in [1.29, 1.82) is 0 Å². The molecule has 1 aliphatic carbocycles.